The molecule has 52 heavy (non-hydrogen) atoms. The van der Waals surface area contributed by atoms with Crippen LogP contribution in [-0.4, -0.2) is 42.2 Å². The third kappa shape index (κ3) is 3.77. The molecular weight excluding hydrogens is 649 g/mol. The molecule has 0 fully saturated rings. The van der Waals surface area contributed by atoms with Gasteiger partial charge < -0.3 is 9.80 Å². The topological polar surface area (TPSA) is 81.2 Å². The Morgan fingerprint density at radius 1 is 0.538 bits per heavy atom. The highest BCUT2D eigenvalue weighted by molar-refractivity contribution is 6.34. The summed E-state index contributed by atoms with van der Waals surface area (Å²) in [4.78, 5) is 62.5. The van der Waals surface area contributed by atoms with E-state index in [2.05, 4.69) is 70.4 Å². The highest BCUT2D eigenvalue weighted by Crippen LogP contribution is 2.64. The lowest BCUT2D eigenvalue weighted by Crippen LogP contribution is -2.47. The van der Waals surface area contributed by atoms with Crippen LogP contribution in [0.4, 0.5) is 17.1 Å². The van der Waals surface area contributed by atoms with Gasteiger partial charge in [-0.05, 0) is 125 Å². The van der Waals surface area contributed by atoms with Crippen molar-refractivity contribution in [2.75, 3.05) is 28.4 Å². The maximum Gasteiger partial charge on any atom is 0.266 e. The standard InChI is InChI=1S/C44H42N4O4/c1-22-9-23(2)36-25(10-22)17-46-21-47(36)18-26-12-27(11-24(3)37(26)46)48-40(51)30-14-33-35(16-31(30)41(48)52)44(20-43(33,6)7)19-42(4,5)32-13-28-29(15-34(32)44)39(50)45(8)38(28)49/h9-16H,17-21H2,1-8H3. The Kier molecular flexibility index (Phi) is 5.81. The lowest BCUT2D eigenvalue weighted by Gasteiger charge is -2.46. The van der Waals surface area contributed by atoms with E-state index in [0.717, 1.165) is 59.4 Å². The Morgan fingerprint density at radius 2 is 0.981 bits per heavy atom. The second kappa shape index (κ2) is 9.59. The van der Waals surface area contributed by atoms with Crippen molar-refractivity contribution in [2.24, 2.45) is 0 Å². The van der Waals surface area contributed by atoms with E-state index in [0.29, 0.717) is 34.5 Å². The molecule has 2 bridgehead atoms. The van der Waals surface area contributed by atoms with E-state index in [1.165, 1.54) is 44.9 Å². The van der Waals surface area contributed by atoms with Gasteiger partial charge in [0.05, 0.1) is 34.6 Å². The molecule has 0 saturated heterocycles. The summed E-state index contributed by atoms with van der Waals surface area (Å²) in [6.45, 7) is 17.6. The fourth-order valence-electron chi connectivity index (χ4n) is 11.3. The Balaban J connectivity index is 1.07. The van der Waals surface area contributed by atoms with Gasteiger partial charge >= 0.3 is 0 Å². The molecule has 4 aliphatic heterocycles. The molecule has 10 rings (SSSR count). The fraction of sp³-hybridized carbons (Fsp3) is 0.364. The van der Waals surface area contributed by atoms with E-state index >= 15 is 0 Å². The molecule has 2 aliphatic carbocycles. The molecule has 6 aliphatic rings. The SMILES string of the molecule is Cc1cc(C)c2c(c1)CN1CN2Cc2cc(N3C(=O)c4cc5c(cc4C3=O)C3(CC(C)(C)c4cc6c(cc43)C(=O)N(C)C6=O)CC5(C)C)cc(C)c21. The normalized spacial score (nSPS) is 22.6. The van der Waals surface area contributed by atoms with Crippen LogP contribution in [0, 0.1) is 20.8 Å². The first-order valence-corrected chi connectivity index (χ1v) is 18.3. The van der Waals surface area contributed by atoms with Crippen LogP contribution in [0.3, 0.4) is 0 Å². The molecule has 0 saturated carbocycles. The first kappa shape index (κ1) is 31.5. The quantitative estimate of drug-likeness (QED) is 0.192. The summed E-state index contributed by atoms with van der Waals surface area (Å²) in [5, 5.41) is 0. The van der Waals surface area contributed by atoms with Gasteiger partial charge in [0.25, 0.3) is 23.6 Å². The molecule has 4 amide bonds. The highest BCUT2D eigenvalue weighted by Gasteiger charge is 2.58. The van der Waals surface area contributed by atoms with Gasteiger partial charge in [0.15, 0.2) is 0 Å². The average molecular weight is 691 g/mol. The zero-order valence-corrected chi connectivity index (χ0v) is 31.1. The lowest BCUT2D eigenvalue weighted by molar-refractivity contribution is 0.0692. The fourth-order valence-corrected chi connectivity index (χ4v) is 11.3. The summed E-state index contributed by atoms with van der Waals surface area (Å²) in [5.41, 5.74) is 14.1. The van der Waals surface area contributed by atoms with E-state index in [9.17, 15) is 19.2 Å². The number of hydrogen-bond acceptors (Lipinski definition) is 6. The molecule has 4 aromatic rings. The number of benzene rings is 4. The van der Waals surface area contributed by atoms with Crippen LogP contribution in [0.1, 0.15) is 132 Å². The third-order valence-corrected chi connectivity index (χ3v) is 13.1. The number of imide groups is 2. The Bertz CT molecular complexity index is 2450. The predicted molar refractivity (Wildman–Crippen MR) is 201 cm³/mol. The van der Waals surface area contributed by atoms with Crippen LogP contribution in [-0.2, 0) is 29.3 Å². The van der Waals surface area contributed by atoms with Gasteiger partial charge in [-0.25, -0.2) is 4.90 Å². The average Bonchev–Trinajstić information content (AvgIpc) is 3.62. The molecule has 1 atom stereocenters. The van der Waals surface area contributed by atoms with Gasteiger partial charge in [-0.2, -0.15) is 0 Å². The van der Waals surface area contributed by atoms with Gasteiger partial charge in [-0.1, -0.05) is 45.4 Å². The smallest absolute Gasteiger partial charge is 0.266 e. The summed E-state index contributed by atoms with van der Waals surface area (Å²) in [6.07, 6.45) is 1.55. The van der Waals surface area contributed by atoms with Crippen LogP contribution in [0.15, 0.2) is 48.5 Å². The molecule has 8 nitrogen and oxygen atoms in total. The number of amides is 4. The number of anilines is 3. The maximum absolute atomic E-state index is 14.5. The van der Waals surface area contributed by atoms with E-state index in [4.69, 9.17) is 0 Å². The molecule has 0 aromatic heterocycles. The minimum absolute atomic E-state index is 0.265. The summed E-state index contributed by atoms with van der Waals surface area (Å²) >= 11 is 0. The van der Waals surface area contributed by atoms with Crippen LogP contribution >= 0.6 is 0 Å². The Hall–Kier alpha value is -5.24. The van der Waals surface area contributed by atoms with Crippen molar-refractivity contribution < 1.29 is 19.2 Å². The highest BCUT2D eigenvalue weighted by atomic mass is 16.2. The zero-order chi connectivity index (χ0) is 36.5. The Labute approximate surface area is 304 Å². The largest absolute Gasteiger partial charge is 0.349 e. The van der Waals surface area contributed by atoms with Crippen molar-refractivity contribution in [3.05, 3.63) is 121 Å². The monoisotopic (exact) mass is 690 g/mol. The molecule has 262 valence electrons. The van der Waals surface area contributed by atoms with Gasteiger partial charge in [0, 0.05) is 36.9 Å². The number of rotatable bonds is 1. The van der Waals surface area contributed by atoms with Crippen molar-refractivity contribution >= 4 is 40.7 Å². The molecule has 4 aromatic carbocycles. The lowest BCUT2D eigenvalue weighted by atomic mass is 9.72. The van der Waals surface area contributed by atoms with Crippen molar-refractivity contribution in [1.29, 1.82) is 0 Å². The molecule has 1 unspecified atom stereocenters. The number of carbonyl (C=O) groups is 4. The van der Waals surface area contributed by atoms with Crippen molar-refractivity contribution in [3.8, 4) is 0 Å². The number of aryl methyl sites for hydroxylation is 3. The molecule has 0 N–H and O–H groups in total. The zero-order valence-electron chi connectivity index (χ0n) is 31.1. The van der Waals surface area contributed by atoms with E-state index in [1.54, 1.807) is 0 Å². The number of hydrogen-bond donors (Lipinski definition) is 0. The molecule has 4 heterocycles. The maximum atomic E-state index is 14.5. The molecule has 8 heteroatoms. The minimum atomic E-state index is -0.473. The summed E-state index contributed by atoms with van der Waals surface area (Å²) in [5.74, 6) is -1.13. The van der Waals surface area contributed by atoms with Crippen LogP contribution < -0.4 is 14.7 Å². The first-order valence-electron chi connectivity index (χ1n) is 18.3. The van der Waals surface area contributed by atoms with E-state index in [-0.39, 0.29) is 34.5 Å². The summed E-state index contributed by atoms with van der Waals surface area (Å²) < 4.78 is 0. The molecule has 0 radical (unpaired) electrons. The van der Waals surface area contributed by atoms with Crippen molar-refractivity contribution in [2.45, 2.75) is 90.6 Å². The van der Waals surface area contributed by atoms with Crippen molar-refractivity contribution in [1.82, 2.24) is 4.90 Å². The second-order valence-corrected chi connectivity index (χ2v) is 17.6. The number of nitrogens with zero attached hydrogens (tertiary/aromatic N) is 4. The van der Waals surface area contributed by atoms with Gasteiger partial charge in [-0.3, -0.25) is 24.1 Å². The first-order chi connectivity index (χ1) is 24.5. The van der Waals surface area contributed by atoms with Crippen molar-refractivity contribution in [3.63, 3.8) is 0 Å². The minimum Gasteiger partial charge on any atom is -0.349 e. The van der Waals surface area contributed by atoms with Gasteiger partial charge in [-0.15, -0.1) is 0 Å². The predicted octanol–water partition coefficient (Wildman–Crippen LogP) is 7.58. The van der Waals surface area contributed by atoms with E-state index < -0.39 is 5.41 Å². The van der Waals surface area contributed by atoms with Gasteiger partial charge in [0.2, 0.25) is 0 Å². The van der Waals surface area contributed by atoms with Crippen LogP contribution in [0.25, 0.3) is 0 Å². The summed E-state index contributed by atoms with van der Waals surface area (Å²) in [7, 11) is 1.54. The Morgan fingerprint density at radius 3 is 1.50 bits per heavy atom. The van der Waals surface area contributed by atoms with Crippen LogP contribution in [0.5, 0.6) is 0 Å². The number of fused-ring (bicyclic) bond motifs is 12. The third-order valence-electron chi connectivity index (χ3n) is 13.1. The summed E-state index contributed by atoms with van der Waals surface area (Å²) in [6, 6.07) is 16.4. The number of carbonyl (C=O) groups excluding carboxylic acids is 4. The molecule has 1 spiro atoms. The van der Waals surface area contributed by atoms with Crippen LogP contribution in [0.2, 0.25) is 0 Å². The van der Waals surface area contributed by atoms with Gasteiger partial charge in [0.1, 0.15) is 0 Å². The van der Waals surface area contributed by atoms with E-state index in [1.807, 2.05) is 36.4 Å². The molecular formula is C44H42N4O4. The second-order valence-electron chi connectivity index (χ2n) is 17.6.